The molecule has 0 spiro atoms. The van der Waals surface area contributed by atoms with Gasteiger partial charge in [-0.2, -0.15) is 4.98 Å². The first-order valence-corrected chi connectivity index (χ1v) is 8.43. The van der Waals surface area contributed by atoms with Crippen molar-refractivity contribution in [3.8, 4) is 11.5 Å². The predicted molar refractivity (Wildman–Crippen MR) is 85.9 cm³/mol. The van der Waals surface area contributed by atoms with Crippen LogP contribution < -0.4 is 0 Å². The molecule has 2 aromatic heterocycles. The van der Waals surface area contributed by atoms with Gasteiger partial charge in [-0.3, -0.25) is 9.88 Å². The van der Waals surface area contributed by atoms with Crippen LogP contribution >= 0.6 is 0 Å². The lowest BCUT2D eigenvalue weighted by Crippen LogP contribution is -2.43. The second kappa shape index (κ2) is 6.54. The lowest BCUT2D eigenvalue weighted by molar-refractivity contribution is 0.0881. The Morgan fingerprint density at radius 1 is 1.25 bits per heavy atom. The van der Waals surface area contributed by atoms with Crippen LogP contribution in [0.15, 0.2) is 23.1 Å². The minimum Gasteiger partial charge on any atom is -0.392 e. The van der Waals surface area contributed by atoms with Crippen molar-refractivity contribution >= 4 is 0 Å². The molecule has 2 atom stereocenters. The van der Waals surface area contributed by atoms with Crippen LogP contribution in [0.1, 0.15) is 31.2 Å². The fraction of sp³-hybridized carbons (Fsp3) is 0.625. The third-order valence-electron chi connectivity index (χ3n) is 4.99. The van der Waals surface area contributed by atoms with E-state index in [4.69, 9.17) is 4.52 Å². The molecule has 0 radical (unpaired) electrons. The van der Waals surface area contributed by atoms with E-state index in [0.29, 0.717) is 36.4 Å². The smallest absolute Gasteiger partial charge is 0.244 e. The van der Waals surface area contributed by atoms with Crippen LogP contribution in [0.25, 0.3) is 11.5 Å². The van der Waals surface area contributed by atoms with Gasteiger partial charge in [0.2, 0.25) is 11.7 Å². The number of rotatable bonds is 3. The highest BCUT2D eigenvalue weighted by Crippen LogP contribution is 2.36. The van der Waals surface area contributed by atoms with Crippen molar-refractivity contribution in [2.75, 3.05) is 26.7 Å². The zero-order chi connectivity index (χ0) is 16.5. The van der Waals surface area contributed by atoms with Crippen LogP contribution in [0.2, 0.25) is 0 Å². The third kappa shape index (κ3) is 3.04. The molecule has 8 nitrogen and oxygen atoms in total. The molecule has 2 aromatic rings. The maximum Gasteiger partial charge on any atom is 0.244 e. The second-order valence-electron chi connectivity index (χ2n) is 6.68. The first kappa shape index (κ1) is 15.6. The Hall–Kier alpha value is -1.90. The van der Waals surface area contributed by atoms with Crippen LogP contribution in [0.5, 0.6) is 0 Å². The SMILES string of the molecule is CN1CCC(N2CC(O)CC2c2nc(-c3cnccn3)no2)CC1. The van der Waals surface area contributed by atoms with Crippen LogP contribution in [0, 0.1) is 0 Å². The van der Waals surface area contributed by atoms with E-state index in [1.807, 2.05) is 0 Å². The zero-order valence-electron chi connectivity index (χ0n) is 13.7. The van der Waals surface area contributed by atoms with Crippen molar-refractivity contribution in [1.82, 2.24) is 29.9 Å². The van der Waals surface area contributed by atoms with Crippen LogP contribution in [0.3, 0.4) is 0 Å². The van der Waals surface area contributed by atoms with Crippen molar-refractivity contribution in [2.45, 2.75) is 37.5 Å². The maximum atomic E-state index is 10.2. The van der Waals surface area contributed by atoms with Crippen LogP contribution in [-0.2, 0) is 0 Å². The van der Waals surface area contributed by atoms with Crippen LogP contribution in [0.4, 0.5) is 0 Å². The first-order chi connectivity index (χ1) is 11.7. The van der Waals surface area contributed by atoms with E-state index < -0.39 is 0 Å². The van der Waals surface area contributed by atoms with Gasteiger partial charge >= 0.3 is 0 Å². The number of aromatic nitrogens is 4. The topological polar surface area (TPSA) is 91.4 Å². The fourth-order valence-corrected chi connectivity index (χ4v) is 3.70. The molecule has 0 bridgehead atoms. The van der Waals surface area contributed by atoms with Crippen molar-refractivity contribution in [3.05, 3.63) is 24.5 Å². The molecule has 0 aliphatic carbocycles. The van der Waals surface area contributed by atoms with Crippen molar-refractivity contribution in [3.63, 3.8) is 0 Å². The van der Waals surface area contributed by atoms with Gasteiger partial charge in [0.1, 0.15) is 5.69 Å². The summed E-state index contributed by atoms with van der Waals surface area (Å²) in [5.41, 5.74) is 0.594. The van der Waals surface area contributed by atoms with Gasteiger partial charge < -0.3 is 14.5 Å². The summed E-state index contributed by atoms with van der Waals surface area (Å²) in [6, 6.07) is 0.432. The number of β-amino-alcohol motifs (C(OH)–C–C–N with tert-alkyl or cyclic N) is 1. The number of likely N-dealkylation sites (tertiary alicyclic amines) is 2. The lowest BCUT2D eigenvalue weighted by atomic mass is 10.0. The average Bonchev–Trinajstić information content (AvgIpc) is 3.23. The average molecular weight is 330 g/mol. The number of piperidine rings is 1. The van der Waals surface area contributed by atoms with Crippen molar-refractivity contribution in [1.29, 1.82) is 0 Å². The van der Waals surface area contributed by atoms with Gasteiger partial charge in [-0.05, 0) is 39.4 Å². The summed E-state index contributed by atoms with van der Waals surface area (Å²) in [6.45, 7) is 2.83. The Kier molecular flexibility index (Phi) is 4.26. The summed E-state index contributed by atoms with van der Waals surface area (Å²) in [5.74, 6) is 1.01. The summed E-state index contributed by atoms with van der Waals surface area (Å²) >= 11 is 0. The number of nitrogens with zero attached hydrogens (tertiary/aromatic N) is 6. The standard InChI is InChI=1S/C16H22N6O2/c1-21-6-2-11(3-7-21)22-10-12(23)8-14(22)16-19-15(20-24-16)13-9-17-4-5-18-13/h4-5,9,11-12,14,23H,2-3,6-8,10H2,1H3. The molecule has 2 aliphatic heterocycles. The number of hydrogen-bond acceptors (Lipinski definition) is 8. The van der Waals surface area contributed by atoms with E-state index in [2.05, 4.69) is 37.0 Å². The summed E-state index contributed by atoms with van der Waals surface area (Å²) in [4.78, 5) is 17.4. The minimum absolute atomic E-state index is 0.0219. The molecule has 2 fully saturated rings. The Balaban J connectivity index is 1.54. The van der Waals surface area contributed by atoms with Crippen molar-refractivity contribution in [2.24, 2.45) is 0 Å². The highest BCUT2D eigenvalue weighted by Gasteiger charge is 2.40. The molecule has 128 valence electrons. The fourth-order valence-electron chi connectivity index (χ4n) is 3.70. The van der Waals surface area contributed by atoms with Gasteiger partial charge in [0.05, 0.1) is 18.3 Å². The largest absolute Gasteiger partial charge is 0.392 e. The molecule has 4 heterocycles. The molecule has 2 unspecified atom stereocenters. The van der Waals surface area contributed by atoms with Gasteiger partial charge in [0.15, 0.2) is 0 Å². The van der Waals surface area contributed by atoms with E-state index in [1.165, 1.54) is 0 Å². The molecule has 0 aromatic carbocycles. The molecule has 4 rings (SSSR count). The molecule has 1 N–H and O–H groups in total. The molecule has 2 aliphatic rings. The van der Waals surface area contributed by atoms with Gasteiger partial charge in [-0.1, -0.05) is 5.16 Å². The summed E-state index contributed by atoms with van der Waals surface area (Å²) in [5, 5.41) is 14.2. The van der Waals surface area contributed by atoms with Crippen molar-refractivity contribution < 1.29 is 9.63 Å². The monoisotopic (exact) mass is 330 g/mol. The Morgan fingerprint density at radius 3 is 2.83 bits per heavy atom. The summed E-state index contributed by atoms with van der Waals surface area (Å²) < 4.78 is 5.50. The zero-order valence-corrected chi connectivity index (χ0v) is 13.7. The van der Waals surface area contributed by atoms with Gasteiger partial charge in [0.25, 0.3) is 0 Å². The van der Waals surface area contributed by atoms with E-state index in [9.17, 15) is 5.11 Å². The Morgan fingerprint density at radius 2 is 2.08 bits per heavy atom. The van der Waals surface area contributed by atoms with E-state index in [1.54, 1.807) is 18.6 Å². The molecule has 2 saturated heterocycles. The summed E-state index contributed by atoms with van der Waals surface area (Å²) in [6.07, 6.45) is 7.33. The van der Waals surface area contributed by atoms with E-state index >= 15 is 0 Å². The third-order valence-corrected chi connectivity index (χ3v) is 4.99. The highest BCUT2D eigenvalue weighted by atomic mass is 16.5. The first-order valence-electron chi connectivity index (χ1n) is 8.43. The van der Waals surface area contributed by atoms with Crippen LogP contribution in [-0.4, -0.2) is 73.8 Å². The number of aliphatic hydroxyl groups excluding tert-OH is 1. The van der Waals surface area contributed by atoms with Gasteiger partial charge in [0, 0.05) is 25.0 Å². The van der Waals surface area contributed by atoms with Gasteiger partial charge in [-0.15, -0.1) is 0 Å². The molecule has 8 heteroatoms. The number of aliphatic hydroxyl groups is 1. The maximum absolute atomic E-state index is 10.2. The highest BCUT2D eigenvalue weighted by molar-refractivity contribution is 5.45. The van der Waals surface area contributed by atoms with E-state index in [-0.39, 0.29) is 12.1 Å². The normalized spacial score (nSPS) is 26.9. The Labute approximate surface area is 140 Å². The van der Waals surface area contributed by atoms with Gasteiger partial charge in [-0.25, -0.2) is 4.98 Å². The quantitative estimate of drug-likeness (QED) is 0.880. The van der Waals surface area contributed by atoms with E-state index in [0.717, 1.165) is 25.9 Å². The summed E-state index contributed by atoms with van der Waals surface area (Å²) in [7, 11) is 2.15. The molecule has 0 saturated carbocycles. The minimum atomic E-state index is -0.346. The molecule has 24 heavy (non-hydrogen) atoms. The number of hydrogen-bond donors (Lipinski definition) is 1. The lowest BCUT2D eigenvalue weighted by Gasteiger charge is -2.37. The molecule has 0 amide bonds. The molecular formula is C16H22N6O2. The predicted octanol–water partition coefficient (Wildman–Crippen LogP) is 0.728. The Bertz CT molecular complexity index is 670. The second-order valence-corrected chi connectivity index (χ2v) is 6.68. The molecular weight excluding hydrogens is 308 g/mol.